The highest BCUT2D eigenvalue weighted by Crippen LogP contribution is 2.06. The van der Waals surface area contributed by atoms with Crippen molar-refractivity contribution in [1.29, 1.82) is 0 Å². The third-order valence-corrected chi connectivity index (χ3v) is 2.82. The maximum atomic E-state index is 9.14. The first-order valence-electron chi connectivity index (χ1n) is 5.43. The summed E-state index contributed by atoms with van der Waals surface area (Å²) >= 11 is 0. The molecule has 0 saturated carbocycles. The zero-order valence-electron chi connectivity index (χ0n) is 9.56. The molecule has 0 aromatic carbocycles. The molecule has 0 aliphatic carbocycles. The second-order valence-corrected chi connectivity index (χ2v) is 3.89. The van der Waals surface area contributed by atoms with Gasteiger partial charge in [0.2, 0.25) is 0 Å². The molecule has 0 spiro atoms. The van der Waals surface area contributed by atoms with Crippen LogP contribution in [-0.4, -0.2) is 45.2 Å². The average Bonchev–Trinajstić information content (AvgIpc) is 2.79. The maximum Gasteiger partial charge on any atom is 0.0884 e. The van der Waals surface area contributed by atoms with Crippen molar-refractivity contribution in [2.75, 3.05) is 19.8 Å². The van der Waals surface area contributed by atoms with E-state index in [9.17, 15) is 0 Å². The van der Waals surface area contributed by atoms with E-state index in [1.54, 1.807) is 0 Å². The summed E-state index contributed by atoms with van der Waals surface area (Å²) in [5.74, 6) is 0. The minimum Gasteiger partial charge on any atom is -0.394 e. The molecule has 1 heterocycles. The molecule has 1 rings (SSSR count). The second-order valence-electron chi connectivity index (χ2n) is 3.89. The second kappa shape index (κ2) is 6.00. The van der Waals surface area contributed by atoms with Gasteiger partial charge in [-0.3, -0.25) is 5.32 Å². The van der Waals surface area contributed by atoms with Crippen LogP contribution < -0.4 is 5.32 Å². The maximum absolute atomic E-state index is 9.14. The molecule has 92 valence electrons. The third kappa shape index (κ3) is 2.82. The number of aryl methyl sites for hydroxylation is 1. The quantitative estimate of drug-likeness (QED) is 0.498. The van der Waals surface area contributed by atoms with Gasteiger partial charge in [-0.15, -0.1) is 0 Å². The SMILES string of the molecule is CCn1cccc1CNC(CO)(CO)CO. The Labute approximate surface area is 95.3 Å². The van der Waals surface area contributed by atoms with Crippen molar-refractivity contribution in [3.05, 3.63) is 24.0 Å². The fourth-order valence-corrected chi connectivity index (χ4v) is 1.51. The molecule has 0 fully saturated rings. The number of aromatic nitrogens is 1. The normalized spacial score (nSPS) is 12.0. The van der Waals surface area contributed by atoms with E-state index < -0.39 is 5.54 Å². The molecule has 0 saturated heterocycles. The number of hydrogen-bond acceptors (Lipinski definition) is 4. The predicted octanol–water partition coefficient (Wildman–Crippen LogP) is -0.687. The van der Waals surface area contributed by atoms with Gasteiger partial charge in [0.05, 0.1) is 25.4 Å². The molecule has 4 N–H and O–H groups in total. The number of nitrogens with one attached hydrogen (secondary N) is 1. The molecule has 0 amide bonds. The van der Waals surface area contributed by atoms with Gasteiger partial charge in [-0.25, -0.2) is 0 Å². The van der Waals surface area contributed by atoms with Crippen LogP contribution in [0, 0.1) is 0 Å². The number of aliphatic hydroxyl groups is 3. The Bertz CT molecular complexity index is 300. The minimum absolute atomic E-state index is 0.299. The Balaban J connectivity index is 2.62. The van der Waals surface area contributed by atoms with Crippen LogP contribution in [0.15, 0.2) is 18.3 Å². The topological polar surface area (TPSA) is 77.7 Å². The van der Waals surface area contributed by atoms with Crippen LogP contribution in [0.3, 0.4) is 0 Å². The summed E-state index contributed by atoms with van der Waals surface area (Å²) < 4.78 is 2.06. The molecule has 0 radical (unpaired) electrons. The van der Waals surface area contributed by atoms with Crippen LogP contribution in [0.1, 0.15) is 12.6 Å². The van der Waals surface area contributed by atoms with Crippen molar-refractivity contribution >= 4 is 0 Å². The minimum atomic E-state index is -1.01. The van der Waals surface area contributed by atoms with E-state index in [-0.39, 0.29) is 19.8 Å². The van der Waals surface area contributed by atoms with Crippen LogP contribution in [-0.2, 0) is 13.1 Å². The van der Waals surface area contributed by atoms with Gasteiger partial charge in [-0.2, -0.15) is 0 Å². The van der Waals surface area contributed by atoms with E-state index in [0.717, 1.165) is 12.2 Å². The van der Waals surface area contributed by atoms with Crippen LogP contribution in [0.4, 0.5) is 0 Å². The lowest BCUT2D eigenvalue weighted by Crippen LogP contribution is -2.54. The fraction of sp³-hybridized carbons (Fsp3) is 0.636. The predicted molar refractivity (Wildman–Crippen MR) is 60.9 cm³/mol. The van der Waals surface area contributed by atoms with Crippen molar-refractivity contribution in [2.45, 2.75) is 25.6 Å². The van der Waals surface area contributed by atoms with E-state index in [1.807, 2.05) is 25.3 Å². The third-order valence-electron chi connectivity index (χ3n) is 2.82. The largest absolute Gasteiger partial charge is 0.394 e. The van der Waals surface area contributed by atoms with Crippen molar-refractivity contribution in [3.8, 4) is 0 Å². The van der Waals surface area contributed by atoms with Gasteiger partial charge in [0.1, 0.15) is 0 Å². The van der Waals surface area contributed by atoms with Crippen molar-refractivity contribution in [2.24, 2.45) is 0 Å². The summed E-state index contributed by atoms with van der Waals surface area (Å²) in [6.07, 6.45) is 1.97. The van der Waals surface area contributed by atoms with Gasteiger partial charge in [0.15, 0.2) is 0 Å². The monoisotopic (exact) mass is 228 g/mol. The molecule has 0 aliphatic heterocycles. The zero-order chi connectivity index (χ0) is 12.0. The highest BCUT2D eigenvalue weighted by atomic mass is 16.3. The van der Waals surface area contributed by atoms with Gasteiger partial charge in [-0.05, 0) is 19.1 Å². The first-order valence-corrected chi connectivity index (χ1v) is 5.43. The Kier molecular flexibility index (Phi) is 4.95. The van der Waals surface area contributed by atoms with Gasteiger partial charge < -0.3 is 19.9 Å². The molecule has 0 unspecified atom stereocenters. The Hall–Kier alpha value is -0.880. The smallest absolute Gasteiger partial charge is 0.0884 e. The van der Waals surface area contributed by atoms with Crippen LogP contribution in [0.25, 0.3) is 0 Å². The molecule has 5 nitrogen and oxygen atoms in total. The van der Waals surface area contributed by atoms with Gasteiger partial charge >= 0.3 is 0 Å². The van der Waals surface area contributed by atoms with E-state index in [0.29, 0.717) is 6.54 Å². The van der Waals surface area contributed by atoms with Gasteiger partial charge in [0, 0.05) is 25.0 Å². The highest BCUT2D eigenvalue weighted by molar-refractivity contribution is 5.07. The standard InChI is InChI=1S/C11H20N2O3/c1-2-13-5-3-4-10(13)6-12-11(7-14,8-15)9-16/h3-5,12,14-16H,2,6-9H2,1H3. The summed E-state index contributed by atoms with van der Waals surface area (Å²) in [4.78, 5) is 0. The highest BCUT2D eigenvalue weighted by Gasteiger charge is 2.27. The van der Waals surface area contributed by atoms with Crippen molar-refractivity contribution in [3.63, 3.8) is 0 Å². The van der Waals surface area contributed by atoms with Crippen LogP contribution in [0.2, 0.25) is 0 Å². The lowest BCUT2D eigenvalue weighted by molar-refractivity contribution is 0.0410. The number of hydrogen-bond donors (Lipinski definition) is 4. The van der Waals surface area contributed by atoms with Crippen molar-refractivity contribution < 1.29 is 15.3 Å². The Morgan fingerprint density at radius 1 is 1.25 bits per heavy atom. The first-order chi connectivity index (χ1) is 7.71. The molecule has 1 aromatic rings. The summed E-state index contributed by atoms with van der Waals surface area (Å²) in [6.45, 7) is 2.52. The van der Waals surface area contributed by atoms with E-state index in [2.05, 4.69) is 9.88 Å². The summed E-state index contributed by atoms with van der Waals surface area (Å²) in [5, 5.41) is 30.4. The van der Waals surface area contributed by atoms with E-state index in [1.165, 1.54) is 0 Å². The number of nitrogens with zero attached hydrogens (tertiary/aromatic N) is 1. The lowest BCUT2D eigenvalue weighted by Gasteiger charge is -2.29. The van der Waals surface area contributed by atoms with Crippen LogP contribution >= 0.6 is 0 Å². The Morgan fingerprint density at radius 2 is 1.88 bits per heavy atom. The molecule has 0 bridgehead atoms. The zero-order valence-corrected chi connectivity index (χ0v) is 9.56. The molecule has 0 atom stereocenters. The number of aliphatic hydroxyl groups excluding tert-OH is 3. The van der Waals surface area contributed by atoms with Gasteiger partial charge in [-0.1, -0.05) is 0 Å². The van der Waals surface area contributed by atoms with Gasteiger partial charge in [0.25, 0.3) is 0 Å². The molecule has 0 aliphatic rings. The Morgan fingerprint density at radius 3 is 2.38 bits per heavy atom. The molecule has 1 aromatic heterocycles. The molecule has 5 heteroatoms. The first kappa shape index (κ1) is 13.2. The molecular formula is C11H20N2O3. The summed E-state index contributed by atoms with van der Waals surface area (Å²) in [7, 11) is 0. The van der Waals surface area contributed by atoms with E-state index in [4.69, 9.17) is 15.3 Å². The lowest BCUT2D eigenvalue weighted by atomic mass is 10.0. The average molecular weight is 228 g/mol. The fourth-order valence-electron chi connectivity index (χ4n) is 1.51. The summed E-state index contributed by atoms with van der Waals surface area (Å²) in [6, 6.07) is 3.91. The summed E-state index contributed by atoms with van der Waals surface area (Å²) in [5.41, 5.74) is 0.0465. The molecular weight excluding hydrogens is 208 g/mol. The van der Waals surface area contributed by atoms with Crippen molar-refractivity contribution in [1.82, 2.24) is 9.88 Å². The molecule has 16 heavy (non-hydrogen) atoms. The van der Waals surface area contributed by atoms with E-state index >= 15 is 0 Å². The number of rotatable bonds is 7. The van der Waals surface area contributed by atoms with Crippen LogP contribution in [0.5, 0.6) is 0 Å².